The minimum atomic E-state index is -3.71. The molecule has 0 aliphatic carbocycles. The number of rotatable bonds is 8. The van der Waals surface area contributed by atoms with Gasteiger partial charge in [0, 0.05) is 24.5 Å². The fraction of sp³-hybridized carbons (Fsp3) is 0.333. The minimum Gasteiger partial charge on any atom is -0.466 e. The third kappa shape index (κ3) is 4.52. The number of sulfonamides is 1. The Labute approximate surface area is 139 Å². The number of aromatic nitrogens is 1. The fourth-order valence-corrected chi connectivity index (χ4v) is 4.35. The van der Waals surface area contributed by atoms with Crippen molar-refractivity contribution in [3.05, 3.63) is 41.9 Å². The van der Waals surface area contributed by atoms with E-state index in [4.69, 9.17) is 4.74 Å². The van der Waals surface area contributed by atoms with Gasteiger partial charge in [0.05, 0.1) is 11.5 Å². The Morgan fingerprint density at radius 1 is 1.30 bits per heavy atom. The molecule has 23 heavy (non-hydrogen) atoms. The minimum absolute atomic E-state index is 0.167. The summed E-state index contributed by atoms with van der Waals surface area (Å²) in [6.45, 7) is 2.22. The number of esters is 1. The van der Waals surface area contributed by atoms with E-state index < -0.39 is 10.0 Å². The van der Waals surface area contributed by atoms with E-state index in [1.807, 2.05) is 0 Å². The van der Waals surface area contributed by atoms with Crippen LogP contribution in [-0.4, -0.2) is 32.5 Å². The second-order valence-electron chi connectivity index (χ2n) is 4.61. The predicted molar refractivity (Wildman–Crippen MR) is 89.0 cm³/mol. The molecule has 1 aromatic carbocycles. The summed E-state index contributed by atoms with van der Waals surface area (Å²) in [6.07, 6.45) is 2.09. The maximum Gasteiger partial charge on any atom is 0.305 e. The van der Waals surface area contributed by atoms with Crippen LogP contribution in [0.3, 0.4) is 0 Å². The van der Waals surface area contributed by atoms with Crippen LogP contribution in [0.4, 0.5) is 5.13 Å². The Bertz CT molecular complexity index is 715. The number of thiazole rings is 1. The summed E-state index contributed by atoms with van der Waals surface area (Å²) in [4.78, 5) is 15.7. The number of anilines is 1. The van der Waals surface area contributed by atoms with Gasteiger partial charge in [-0.3, -0.25) is 4.79 Å². The smallest absolute Gasteiger partial charge is 0.305 e. The molecule has 2 aromatic rings. The van der Waals surface area contributed by atoms with E-state index in [1.54, 1.807) is 48.8 Å². The molecule has 1 heterocycles. The molecule has 2 rings (SSSR count). The predicted octanol–water partition coefficient (Wildman–Crippen LogP) is 2.68. The van der Waals surface area contributed by atoms with E-state index in [9.17, 15) is 13.2 Å². The van der Waals surface area contributed by atoms with Gasteiger partial charge in [0.2, 0.25) is 0 Å². The zero-order chi connectivity index (χ0) is 16.7. The lowest BCUT2D eigenvalue weighted by molar-refractivity contribution is -0.143. The van der Waals surface area contributed by atoms with Crippen molar-refractivity contribution in [1.29, 1.82) is 0 Å². The molecule has 0 fully saturated rings. The highest BCUT2D eigenvalue weighted by molar-refractivity contribution is 7.93. The monoisotopic (exact) mass is 354 g/mol. The topological polar surface area (TPSA) is 76.6 Å². The average molecular weight is 354 g/mol. The largest absolute Gasteiger partial charge is 0.466 e. The average Bonchev–Trinajstić information content (AvgIpc) is 3.06. The van der Waals surface area contributed by atoms with Crippen LogP contribution < -0.4 is 4.31 Å². The van der Waals surface area contributed by atoms with Crippen molar-refractivity contribution in [2.24, 2.45) is 0 Å². The molecule has 0 atom stereocenters. The van der Waals surface area contributed by atoms with Crippen molar-refractivity contribution in [2.45, 2.75) is 24.7 Å². The SMILES string of the molecule is CCOC(=O)CCCN(c1nccs1)S(=O)(=O)c1ccccc1. The maximum absolute atomic E-state index is 12.8. The highest BCUT2D eigenvalue weighted by Crippen LogP contribution is 2.25. The van der Waals surface area contributed by atoms with Gasteiger partial charge in [-0.25, -0.2) is 17.7 Å². The molecule has 6 nitrogen and oxygen atoms in total. The number of carbonyl (C=O) groups excluding carboxylic acids is 1. The van der Waals surface area contributed by atoms with Crippen molar-refractivity contribution in [3.63, 3.8) is 0 Å². The van der Waals surface area contributed by atoms with Crippen LogP contribution in [0.25, 0.3) is 0 Å². The molecule has 0 radical (unpaired) electrons. The molecule has 0 amide bonds. The molecule has 8 heteroatoms. The van der Waals surface area contributed by atoms with Crippen LogP contribution in [0.5, 0.6) is 0 Å². The highest BCUT2D eigenvalue weighted by Gasteiger charge is 2.26. The van der Waals surface area contributed by atoms with Gasteiger partial charge in [-0.15, -0.1) is 11.3 Å². The highest BCUT2D eigenvalue weighted by atomic mass is 32.2. The molecular weight excluding hydrogens is 336 g/mol. The lowest BCUT2D eigenvalue weighted by atomic mass is 10.3. The summed E-state index contributed by atoms with van der Waals surface area (Å²) >= 11 is 1.24. The van der Waals surface area contributed by atoms with Crippen LogP contribution in [0.1, 0.15) is 19.8 Å². The first-order valence-electron chi connectivity index (χ1n) is 7.18. The first kappa shape index (κ1) is 17.4. The molecule has 0 unspecified atom stereocenters. The molecular formula is C15H18N2O4S2. The molecule has 1 aromatic heterocycles. The molecule has 0 spiro atoms. The molecule has 124 valence electrons. The molecule has 0 saturated carbocycles. The number of ether oxygens (including phenoxy) is 1. The van der Waals surface area contributed by atoms with E-state index in [-0.39, 0.29) is 23.8 Å². The summed E-state index contributed by atoms with van der Waals surface area (Å²) in [5.41, 5.74) is 0. The Balaban J connectivity index is 2.17. The summed E-state index contributed by atoms with van der Waals surface area (Å²) in [7, 11) is -3.71. The van der Waals surface area contributed by atoms with Crippen LogP contribution in [-0.2, 0) is 19.6 Å². The number of carbonyl (C=O) groups is 1. The van der Waals surface area contributed by atoms with Crippen molar-refractivity contribution in [1.82, 2.24) is 4.98 Å². The second-order valence-corrected chi connectivity index (χ2v) is 7.35. The summed E-state index contributed by atoms with van der Waals surface area (Å²) in [5, 5.41) is 2.10. The van der Waals surface area contributed by atoms with E-state index in [1.165, 1.54) is 15.6 Å². The van der Waals surface area contributed by atoms with Crippen molar-refractivity contribution in [2.75, 3.05) is 17.5 Å². The molecule has 0 saturated heterocycles. The van der Waals surface area contributed by atoms with Crippen molar-refractivity contribution in [3.8, 4) is 0 Å². The quantitative estimate of drug-likeness (QED) is 0.681. The summed E-state index contributed by atoms with van der Waals surface area (Å²) in [5.74, 6) is -0.330. The molecule has 0 aliphatic rings. The Morgan fingerprint density at radius 3 is 2.65 bits per heavy atom. The summed E-state index contributed by atoms with van der Waals surface area (Å²) in [6, 6.07) is 8.19. The Morgan fingerprint density at radius 2 is 2.04 bits per heavy atom. The lowest BCUT2D eigenvalue weighted by Gasteiger charge is -2.21. The van der Waals surface area contributed by atoms with Gasteiger partial charge in [0.15, 0.2) is 5.13 Å². The van der Waals surface area contributed by atoms with Gasteiger partial charge >= 0.3 is 5.97 Å². The Kier molecular flexibility index (Phi) is 6.12. The van der Waals surface area contributed by atoms with E-state index >= 15 is 0 Å². The first-order chi connectivity index (χ1) is 11.1. The first-order valence-corrected chi connectivity index (χ1v) is 9.50. The van der Waals surface area contributed by atoms with Gasteiger partial charge < -0.3 is 4.74 Å². The normalized spacial score (nSPS) is 11.2. The molecule has 0 bridgehead atoms. The van der Waals surface area contributed by atoms with Crippen LogP contribution in [0.15, 0.2) is 46.8 Å². The second kappa shape index (κ2) is 8.07. The molecule has 0 N–H and O–H groups in total. The van der Waals surface area contributed by atoms with Crippen LogP contribution in [0, 0.1) is 0 Å². The fourth-order valence-electron chi connectivity index (χ4n) is 1.98. The third-order valence-corrected chi connectivity index (χ3v) is 5.72. The van der Waals surface area contributed by atoms with Gasteiger partial charge in [-0.2, -0.15) is 0 Å². The molecule has 0 aliphatic heterocycles. The Hall–Kier alpha value is -1.93. The van der Waals surface area contributed by atoms with Gasteiger partial charge in [0.25, 0.3) is 10.0 Å². The summed E-state index contributed by atoms with van der Waals surface area (Å²) < 4.78 is 31.7. The van der Waals surface area contributed by atoms with E-state index in [0.717, 1.165) is 0 Å². The van der Waals surface area contributed by atoms with Crippen LogP contribution in [0.2, 0.25) is 0 Å². The van der Waals surface area contributed by atoms with E-state index in [2.05, 4.69) is 4.98 Å². The van der Waals surface area contributed by atoms with Crippen molar-refractivity contribution < 1.29 is 17.9 Å². The van der Waals surface area contributed by atoms with Crippen molar-refractivity contribution >= 4 is 32.5 Å². The number of nitrogens with zero attached hydrogens (tertiary/aromatic N) is 2. The van der Waals surface area contributed by atoms with Gasteiger partial charge in [-0.05, 0) is 25.5 Å². The number of benzene rings is 1. The zero-order valence-electron chi connectivity index (χ0n) is 12.7. The van der Waals surface area contributed by atoms with Crippen LogP contribution >= 0.6 is 11.3 Å². The standard InChI is InChI=1S/C15H18N2O4S2/c1-2-21-14(18)9-6-11-17(15-16-10-12-22-15)23(19,20)13-7-4-3-5-8-13/h3-5,7-8,10,12H,2,6,9,11H2,1H3. The zero-order valence-corrected chi connectivity index (χ0v) is 14.3. The van der Waals surface area contributed by atoms with E-state index in [0.29, 0.717) is 18.2 Å². The van der Waals surface area contributed by atoms with Gasteiger partial charge in [-0.1, -0.05) is 18.2 Å². The van der Waals surface area contributed by atoms with Gasteiger partial charge in [0.1, 0.15) is 0 Å². The third-order valence-electron chi connectivity index (χ3n) is 3.01. The number of hydrogen-bond donors (Lipinski definition) is 0. The maximum atomic E-state index is 12.8. The lowest BCUT2D eigenvalue weighted by Crippen LogP contribution is -2.32. The number of hydrogen-bond acceptors (Lipinski definition) is 6.